The highest BCUT2D eigenvalue weighted by atomic mass is 19.1. The molecule has 1 spiro atoms. The Morgan fingerprint density at radius 2 is 1.70 bits per heavy atom. The number of likely N-dealkylation sites (tertiary alicyclic amines) is 1. The Labute approximate surface area is 270 Å². The van der Waals surface area contributed by atoms with E-state index in [1.54, 1.807) is 18.5 Å². The van der Waals surface area contributed by atoms with Gasteiger partial charge in [0.2, 0.25) is 5.82 Å². The van der Waals surface area contributed by atoms with Crippen molar-refractivity contribution in [2.75, 3.05) is 36.8 Å². The molecule has 2 aliphatic rings. The molecule has 5 aromatic heterocycles. The number of anilines is 2. The van der Waals surface area contributed by atoms with Gasteiger partial charge in [-0.3, -0.25) is 14.5 Å². The number of aromatic nitrogens is 7. The van der Waals surface area contributed by atoms with Crippen LogP contribution < -0.4 is 10.6 Å². The Hall–Kier alpha value is -5.80. The molecule has 0 saturated carbocycles. The highest BCUT2D eigenvalue weighted by Gasteiger charge is 2.43. The molecule has 47 heavy (non-hydrogen) atoms. The lowest BCUT2D eigenvalue weighted by Crippen LogP contribution is -2.31. The number of nitriles is 1. The van der Waals surface area contributed by atoms with Gasteiger partial charge in [-0.1, -0.05) is 12.1 Å². The fourth-order valence-electron chi connectivity index (χ4n) is 6.87. The van der Waals surface area contributed by atoms with Crippen molar-refractivity contribution >= 4 is 22.8 Å². The van der Waals surface area contributed by atoms with E-state index in [-0.39, 0.29) is 11.2 Å². The number of fused-ring (bicyclic) bond motifs is 1. The quantitative estimate of drug-likeness (QED) is 0.269. The minimum atomic E-state index is -0.402. The lowest BCUT2D eigenvalue weighted by atomic mass is 9.86. The second-order valence-corrected chi connectivity index (χ2v) is 12.3. The van der Waals surface area contributed by atoms with Crippen molar-refractivity contribution in [3.63, 3.8) is 0 Å². The summed E-state index contributed by atoms with van der Waals surface area (Å²) in [5, 5.41) is 9.21. The highest BCUT2D eigenvalue weighted by Crippen LogP contribution is 2.41. The molecular formula is C35H30FN11. The van der Waals surface area contributed by atoms with Crippen molar-refractivity contribution in [1.82, 2.24) is 39.4 Å². The van der Waals surface area contributed by atoms with Gasteiger partial charge in [0.25, 0.3) is 0 Å². The van der Waals surface area contributed by atoms with Gasteiger partial charge < -0.3 is 10.6 Å². The third kappa shape index (κ3) is 5.40. The molecule has 0 radical (unpaired) electrons. The van der Waals surface area contributed by atoms with E-state index in [0.717, 1.165) is 57.1 Å². The summed E-state index contributed by atoms with van der Waals surface area (Å²) in [5.41, 5.74) is 11.8. The molecule has 0 aliphatic carbocycles. The number of pyridine rings is 3. The van der Waals surface area contributed by atoms with Crippen LogP contribution in [0.15, 0.2) is 85.3 Å². The first-order valence-electron chi connectivity index (χ1n) is 15.5. The largest absolute Gasteiger partial charge is 0.383 e. The molecule has 0 unspecified atom stereocenters. The van der Waals surface area contributed by atoms with Crippen LogP contribution in [0.5, 0.6) is 0 Å². The fourth-order valence-corrected chi connectivity index (χ4v) is 6.87. The summed E-state index contributed by atoms with van der Waals surface area (Å²) < 4.78 is 15.6. The Morgan fingerprint density at radius 3 is 2.51 bits per heavy atom. The van der Waals surface area contributed by atoms with Crippen molar-refractivity contribution in [3.8, 4) is 34.5 Å². The highest BCUT2D eigenvalue weighted by molar-refractivity contribution is 5.84. The molecule has 0 bridgehead atoms. The summed E-state index contributed by atoms with van der Waals surface area (Å²) >= 11 is 0. The maximum Gasteiger partial charge on any atom is 0.234 e. The normalized spacial score (nSPS) is 17.9. The Balaban J connectivity index is 1.06. The van der Waals surface area contributed by atoms with E-state index in [1.807, 2.05) is 41.0 Å². The molecule has 6 aromatic rings. The van der Waals surface area contributed by atoms with Gasteiger partial charge in [0.05, 0.1) is 23.1 Å². The Bertz CT molecular complexity index is 2140. The van der Waals surface area contributed by atoms with Crippen LogP contribution in [0.3, 0.4) is 0 Å². The number of hydrogen-bond acceptors (Lipinski definition) is 10. The summed E-state index contributed by atoms with van der Waals surface area (Å²) in [5.74, 6) is 1.65. The van der Waals surface area contributed by atoms with Crippen LogP contribution in [0.1, 0.15) is 24.2 Å². The molecule has 1 aromatic carbocycles. The number of imidazole rings is 1. The van der Waals surface area contributed by atoms with E-state index in [4.69, 9.17) is 15.7 Å². The van der Waals surface area contributed by atoms with Gasteiger partial charge in [0.15, 0.2) is 11.5 Å². The second-order valence-electron chi connectivity index (χ2n) is 12.3. The van der Waals surface area contributed by atoms with E-state index < -0.39 is 5.82 Å². The van der Waals surface area contributed by atoms with Gasteiger partial charge >= 0.3 is 0 Å². The van der Waals surface area contributed by atoms with Crippen LogP contribution in [-0.2, 0) is 6.54 Å². The topological polar surface area (TPSA) is 139 Å². The van der Waals surface area contributed by atoms with E-state index in [1.165, 1.54) is 17.8 Å². The molecule has 232 valence electrons. The molecule has 2 aliphatic heterocycles. The van der Waals surface area contributed by atoms with Crippen LogP contribution >= 0.6 is 0 Å². The zero-order chi connectivity index (χ0) is 32.0. The van der Waals surface area contributed by atoms with Gasteiger partial charge in [0, 0.05) is 49.7 Å². The summed E-state index contributed by atoms with van der Waals surface area (Å²) in [6.07, 6.45) is 6.74. The third-order valence-corrected chi connectivity index (χ3v) is 9.20. The minimum absolute atomic E-state index is 0.209. The number of benzene rings is 1. The van der Waals surface area contributed by atoms with Crippen LogP contribution in [-0.4, -0.2) is 65.5 Å². The van der Waals surface area contributed by atoms with E-state index in [2.05, 4.69) is 54.0 Å². The van der Waals surface area contributed by atoms with E-state index >= 15 is 0 Å². The van der Waals surface area contributed by atoms with Crippen molar-refractivity contribution in [1.29, 1.82) is 5.26 Å². The maximum atomic E-state index is 13.6. The molecule has 2 saturated heterocycles. The predicted octanol–water partition coefficient (Wildman–Crippen LogP) is 5.03. The monoisotopic (exact) mass is 623 g/mol. The maximum absolute atomic E-state index is 13.6. The van der Waals surface area contributed by atoms with Crippen LogP contribution in [0.4, 0.5) is 16.0 Å². The average Bonchev–Trinajstić information content (AvgIpc) is 3.82. The van der Waals surface area contributed by atoms with Gasteiger partial charge in [0.1, 0.15) is 29.0 Å². The summed E-state index contributed by atoms with van der Waals surface area (Å²) in [4.78, 5) is 31.6. The smallest absolute Gasteiger partial charge is 0.234 e. The van der Waals surface area contributed by atoms with Gasteiger partial charge in [-0.25, -0.2) is 29.3 Å². The van der Waals surface area contributed by atoms with Gasteiger partial charge in [-0.15, -0.1) is 0 Å². The number of nitrogen functional groups attached to an aromatic ring is 1. The van der Waals surface area contributed by atoms with E-state index in [0.29, 0.717) is 39.8 Å². The summed E-state index contributed by atoms with van der Waals surface area (Å²) in [6.45, 7) is 4.76. The molecule has 12 heteroatoms. The fraction of sp³-hybridized carbons (Fsp3) is 0.229. The van der Waals surface area contributed by atoms with E-state index in [9.17, 15) is 9.65 Å². The second kappa shape index (κ2) is 11.5. The average molecular weight is 624 g/mol. The van der Waals surface area contributed by atoms with Crippen molar-refractivity contribution in [2.24, 2.45) is 5.41 Å². The van der Waals surface area contributed by atoms with Gasteiger partial charge in [-0.2, -0.15) is 5.26 Å². The molecule has 1 atom stereocenters. The molecule has 11 nitrogen and oxygen atoms in total. The third-order valence-electron chi connectivity index (χ3n) is 9.20. The van der Waals surface area contributed by atoms with Crippen LogP contribution in [0.2, 0.25) is 0 Å². The summed E-state index contributed by atoms with van der Waals surface area (Å²) in [7, 11) is 0. The zero-order valence-corrected chi connectivity index (χ0v) is 25.5. The number of nitrogens with two attached hydrogens (primary N) is 1. The first-order valence-corrected chi connectivity index (χ1v) is 15.5. The van der Waals surface area contributed by atoms with Crippen molar-refractivity contribution in [2.45, 2.75) is 19.4 Å². The molecule has 0 amide bonds. The predicted molar refractivity (Wildman–Crippen MR) is 176 cm³/mol. The molecule has 7 heterocycles. The number of nitrogens with zero attached hydrogens (tertiary/aromatic N) is 10. The molecular weight excluding hydrogens is 593 g/mol. The zero-order valence-electron chi connectivity index (χ0n) is 25.5. The lowest BCUT2D eigenvalue weighted by molar-refractivity contribution is 0.270. The number of rotatable bonds is 6. The van der Waals surface area contributed by atoms with Gasteiger partial charge in [-0.05, 0) is 79.5 Å². The SMILES string of the molecule is N#Cc1nccc(N2CC[C@]3(CCN(Cc4ccc(-n5c(-c6cccnc6N)nc6ccc(-c7ccc(F)cn7)nc65)cc4)C3)C2)n1. The first kappa shape index (κ1) is 28.7. The number of halogens is 1. The molecule has 2 fully saturated rings. The molecule has 8 rings (SSSR count). The van der Waals surface area contributed by atoms with Crippen LogP contribution in [0, 0.1) is 22.6 Å². The Kier molecular flexibility index (Phi) is 7.03. The van der Waals surface area contributed by atoms with Crippen molar-refractivity contribution < 1.29 is 4.39 Å². The number of hydrogen-bond donors (Lipinski definition) is 1. The van der Waals surface area contributed by atoms with Crippen LogP contribution in [0.25, 0.3) is 39.6 Å². The Morgan fingerprint density at radius 1 is 0.851 bits per heavy atom. The standard InChI is InChI=1S/C35H30FN11/c36-24-5-8-27(41-19-24)28-9-10-29-34(42-28)47(33(43-29)26-2-1-14-40-32(26)38)25-6-3-23(4-7-25)20-45-16-12-35(21-45)13-17-46(22-35)31-11-15-39-30(18-37)44-31/h1-11,14-15,19H,12-13,16-17,20-22H2,(H2,38,40)/t35-/m0/s1. The molecule has 2 N–H and O–H groups in total. The van der Waals surface area contributed by atoms with Crippen molar-refractivity contribution in [3.05, 3.63) is 103 Å². The minimum Gasteiger partial charge on any atom is -0.383 e. The summed E-state index contributed by atoms with van der Waals surface area (Å²) in [6, 6.07) is 22.9. The first-order chi connectivity index (χ1) is 23.0. The lowest BCUT2D eigenvalue weighted by Gasteiger charge is -2.25.